The summed E-state index contributed by atoms with van der Waals surface area (Å²) in [6.07, 6.45) is 4.36. The van der Waals surface area contributed by atoms with E-state index in [1.165, 1.54) is 6.42 Å². The van der Waals surface area contributed by atoms with Gasteiger partial charge in [0, 0.05) is 19.1 Å². The van der Waals surface area contributed by atoms with Crippen LogP contribution in [0.15, 0.2) is 24.3 Å². The maximum Gasteiger partial charge on any atom is 0.161 e. The van der Waals surface area contributed by atoms with Gasteiger partial charge < -0.3 is 14.6 Å². The molecule has 4 heteroatoms. The Morgan fingerprint density at radius 1 is 1.15 bits per heavy atom. The van der Waals surface area contributed by atoms with Crippen molar-refractivity contribution in [1.29, 1.82) is 0 Å². The van der Waals surface area contributed by atoms with E-state index in [1.807, 2.05) is 24.3 Å². The molecule has 110 valence electrons. The van der Waals surface area contributed by atoms with E-state index in [0.29, 0.717) is 6.04 Å². The minimum atomic E-state index is -0.108. The first-order valence-corrected chi connectivity index (χ1v) is 7.48. The lowest BCUT2D eigenvalue weighted by molar-refractivity contribution is -0.0370. The van der Waals surface area contributed by atoms with Crippen LogP contribution >= 0.6 is 0 Å². The molecule has 2 fully saturated rings. The Morgan fingerprint density at radius 3 is 2.60 bits per heavy atom. The van der Waals surface area contributed by atoms with Crippen LogP contribution in [0.3, 0.4) is 0 Å². The maximum absolute atomic E-state index is 9.74. The lowest BCUT2D eigenvalue weighted by Gasteiger charge is -2.46. The van der Waals surface area contributed by atoms with Crippen molar-refractivity contribution < 1.29 is 14.6 Å². The highest BCUT2D eigenvalue weighted by atomic mass is 16.5. The van der Waals surface area contributed by atoms with Gasteiger partial charge in [0.25, 0.3) is 0 Å². The van der Waals surface area contributed by atoms with Crippen molar-refractivity contribution in [2.24, 2.45) is 0 Å². The number of nitrogens with zero attached hydrogens (tertiary/aromatic N) is 1. The van der Waals surface area contributed by atoms with Crippen molar-refractivity contribution in [1.82, 2.24) is 4.90 Å². The Labute approximate surface area is 120 Å². The fraction of sp³-hybridized carbons (Fsp3) is 0.625. The van der Waals surface area contributed by atoms with Crippen LogP contribution in [0.4, 0.5) is 0 Å². The van der Waals surface area contributed by atoms with Crippen molar-refractivity contribution in [2.45, 2.75) is 43.9 Å². The summed E-state index contributed by atoms with van der Waals surface area (Å²) in [7, 11) is 1.67. The first kappa shape index (κ1) is 13.7. The molecule has 3 rings (SSSR count). The molecule has 1 N–H and O–H groups in total. The Morgan fingerprint density at radius 2 is 1.90 bits per heavy atom. The van der Waals surface area contributed by atoms with Crippen LogP contribution in [0.1, 0.15) is 25.7 Å². The predicted octanol–water partition coefficient (Wildman–Crippen LogP) is 2.06. The maximum atomic E-state index is 9.74. The third kappa shape index (κ3) is 2.91. The van der Waals surface area contributed by atoms with Crippen molar-refractivity contribution in [3.05, 3.63) is 24.3 Å². The Balaban J connectivity index is 1.50. The van der Waals surface area contributed by atoms with Crippen LogP contribution in [0, 0.1) is 0 Å². The van der Waals surface area contributed by atoms with Gasteiger partial charge in [-0.3, -0.25) is 4.90 Å². The molecular formula is C16H23NO3. The second-order valence-electron chi connectivity index (χ2n) is 5.82. The number of methoxy groups -OCH3 is 1. The summed E-state index contributed by atoms with van der Waals surface area (Å²) in [5, 5.41) is 9.74. The van der Waals surface area contributed by atoms with Gasteiger partial charge in [-0.25, -0.2) is 0 Å². The Kier molecular flexibility index (Phi) is 4.13. The fourth-order valence-corrected chi connectivity index (χ4v) is 3.21. The minimum Gasteiger partial charge on any atom is -0.493 e. The van der Waals surface area contributed by atoms with Crippen LogP contribution in [0.25, 0.3) is 0 Å². The number of rotatable bonds is 4. The molecule has 1 aliphatic carbocycles. The van der Waals surface area contributed by atoms with Crippen molar-refractivity contribution in [3.63, 3.8) is 0 Å². The molecule has 1 saturated heterocycles. The highest BCUT2D eigenvalue weighted by molar-refractivity contribution is 5.39. The Bertz CT molecular complexity index is 445. The molecule has 1 saturated carbocycles. The zero-order chi connectivity index (χ0) is 13.9. The summed E-state index contributed by atoms with van der Waals surface area (Å²) >= 11 is 0. The van der Waals surface area contributed by atoms with Gasteiger partial charge in [-0.15, -0.1) is 0 Å². The zero-order valence-corrected chi connectivity index (χ0v) is 12.0. The topological polar surface area (TPSA) is 41.9 Å². The fourth-order valence-electron chi connectivity index (χ4n) is 3.21. The quantitative estimate of drug-likeness (QED) is 0.915. The van der Waals surface area contributed by atoms with Gasteiger partial charge in [-0.05, 0) is 37.8 Å². The van der Waals surface area contributed by atoms with Gasteiger partial charge >= 0.3 is 0 Å². The van der Waals surface area contributed by atoms with Crippen LogP contribution in [-0.2, 0) is 0 Å². The smallest absolute Gasteiger partial charge is 0.161 e. The molecule has 1 heterocycles. The number of hydrogen-bond acceptors (Lipinski definition) is 4. The molecule has 0 amide bonds. The average Bonchev–Trinajstić information content (AvgIpc) is 2.42. The number of ether oxygens (including phenoxy) is 2. The summed E-state index contributed by atoms with van der Waals surface area (Å²) in [6.45, 7) is 1.91. The van der Waals surface area contributed by atoms with Crippen molar-refractivity contribution >= 4 is 0 Å². The molecule has 1 aromatic carbocycles. The number of aliphatic hydroxyl groups is 1. The van der Waals surface area contributed by atoms with Gasteiger partial charge in [0.1, 0.15) is 6.10 Å². The van der Waals surface area contributed by atoms with Crippen LogP contribution in [0.2, 0.25) is 0 Å². The number of hydrogen-bond donors (Lipinski definition) is 1. The van der Waals surface area contributed by atoms with E-state index in [-0.39, 0.29) is 12.2 Å². The van der Waals surface area contributed by atoms with Gasteiger partial charge in [0.15, 0.2) is 11.5 Å². The summed E-state index contributed by atoms with van der Waals surface area (Å²) in [5.74, 6) is 1.61. The molecule has 0 radical (unpaired) electrons. The zero-order valence-electron chi connectivity index (χ0n) is 12.0. The third-order valence-electron chi connectivity index (χ3n) is 4.37. The van der Waals surface area contributed by atoms with Gasteiger partial charge in [0.2, 0.25) is 0 Å². The number of aliphatic hydroxyl groups excluding tert-OH is 1. The molecular weight excluding hydrogens is 254 g/mol. The van der Waals surface area contributed by atoms with Crippen molar-refractivity contribution in [3.8, 4) is 11.5 Å². The van der Waals surface area contributed by atoms with E-state index in [2.05, 4.69) is 4.90 Å². The standard InChI is InChI=1S/C16H23NO3/c1-19-15-7-2-3-8-16(15)20-14-10-17(11-14)12-5-4-6-13(18)9-12/h2-3,7-8,12-14,18H,4-6,9-11H2,1H3. The highest BCUT2D eigenvalue weighted by Gasteiger charge is 2.36. The molecule has 2 aliphatic rings. The molecule has 1 aromatic rings. The van der Waals surface area contributed by atoms with E-state index in [4.69, 9.17) is 9.47 Å². The van der Waals surface area contributed by atoms with Crippen molar-refractivity contribution in [2.75, 3.05) is 20.2 Å². The lowest BCUT2D eigenvalue weighted by atomic mass is 9.90. The summed E-state index contributed by atoms with van der Waals surface area (Å²) < 4.78 is 11.3. The van der Waals surface area contributed by atoms with E-state index in [9.17, 15) is 5.11 Å². The average molecular weight is 277 g/mol. The van der Waals surface area contributed by atoms with Crippen LogP contribution in [0.5, 0.6) is 11.5 Å². The molecule has 1 aliphatic heterocycles. The van der Waals surface area contributed by atoms with Crippen LogP contribution < -0.4 is 9.47 Å². The number of likely N-dealkylation sites (tertiary alicyclic amines) is 1. The predicted molar refractivity (Wildman–Crippen MR) is 77.2 cm³/mol. The van der Waals surface area contributed by atoms with E-state index in [1.54, 1.807) is 7.11 Å². The highest BCUT2D eigenvalue weighted by Crippen LogP contribution is 2.31. The van der Waals surface area contributed by atoms with Gasteiger partial charge in [0.05, 0.1) is 13.2 Å². The molecule has 0 aromatic heterocycles. The third-order valence-corrected chi connectivity index (χ3v) is 4.37. The summed E-state index contributed by atoms with van der Waals surface area (Å²) in [4.78, 5) is 2.43. The SMILES string of the molecule is COc1ccccc1OC1CN(C2CCCC(O)C2)C1. The summed E-state index contributed by atoms with van der Waals surface area (Å²) in [6, 6.07) is 8.32. The first-order valence-electron chi connectivity index (χ1n) is 7.48. The number of para-hydroxylation sites is 2. The van der Waals surface area contributed by atoms with E-state index in [0.717, 1.165) is 43.9 Å². The minimum absolute atomic E-state index is 0.108. The van der Waals surface area contributed by atoms with E-state index >= 15 is 0 Å². The largest absolute Gasteiger partial charge is 0.493 e. The molecule has 2 unspecified atom stereocenters. The number of benzene rings is 1. The monoisotopic (exact) mass is 277 g/mol. The molecule has 0 spiro atoms. The molecule has 20 heavy (non-hydrogen) atoms. The molecule has 2 atom stereocenters. The normalized spacial score (nSPS) is 27.9. The second kappa shape index (κ2) is 6.02. The second-order valence-corrected chi connectivity index (χ2v) is 5.82. The van der Waals surface area contributed by atoms with Crippen LogP contribution in [-0.4, -0.2) is 48.5 Å². The molecule has 4 nitrogen and oxygen atoms in total. The Hall–Kier alpha value is -1.26. The lowest BCUT2D eigenvalue weighted by Crippen LogP contribution is -2.58. The van der Waals surface area contributed by atoms with E-state index < -0.39 is 0 Å². The molecule has 0 bridgehead atoms. The summed E-state index contributed by atoms with van der Waals surface area (Å²) in [5.41, 5.74) is 0. The van der Waals surface area contributed by atoms with Gasteiger partial charge in [-0.2, -0.15) is 0 Å². The van der Waals surface area contributed by atoms with Gasteiger partial charge in [-0.1, -0.05) is 12.1 Å². The first-order chi connectivity index (χ1) is 9.76.